The minimum atomic E-state index is -0.746. The number of carbonyl (C=O) groups excluding carboxylic acids is 2. The molecule has 0 bridgehead atoms. The Kier molecular flexibility index (Phi) is 6.29. The number of rotatable bonds is 6. The lowest BCUT2D eigenvalue weighted by molar-refractivity contribution is -0.124. The molecule has 0 radical (unpaired) electrons. The third-order valence-electron chi connectivity index (χ3n) is 4.87. The Bertz CT molecular complexity index is 853. The van der Waals surface area contributed by atoms with E-state index in [1.807, 2.05) is 38.1 Å². The summed E-state index contributed by atoms with van der Waals surface area (Å²) < 4.78 is 19.6. The molecule has 0 spiro atoms. The van der Waals surface area contributed by atoms with Crippen LogP contribution >= 0.6 is 0 Å². The average Bonchev–Trinajstić information content (AvgIpc) is 2.70. The maximum atomic E-state index is 13.8. The molecule has 2 N–H and O–H groups in total. The third-order valence-corrected chi connectivity index (χ3v) is 4.87. The van der Waals surface area contributed by atoms with E-state index in [0.717, 1.165) is 17.7 Å². The highest BCUT2D eigenvalue weighted by molar-refractivity contribution is 5.97. The van der Waals surface area contributed by atoms with Crippen molar-refractivity contribution < 1.29 is 18.7 Å². The van der Waals surface area contributed by atoms with E-state index in [0.29, 0.717) is 13.2 Å². The van der Waals surface area contributed by atoms with Gasteiger partial charge in [-0.25, -0.2) is 4.39 Å². The van der Waals surface area contributed by atoms with Crippen LogP contribution < -0.4 is 15.4 Å². The minimum absolute atomic E-state index is 0.0711. The van der Waals surface area contributed by atoms with Crippen LogP contribution in [0.3, 0.4) is 0 Å². The van der Waals surface area contributed by atoms with Gasteiger partial charge in [0.25, 0.3) is 5.91 Å². The summed E-state index contributed by atoms with van der Waals surface area (Å²) in [6.45, 7) is 4.66. The molecule has 3 rings (SSSR count). The lowest BCUT2D eigenvalue weighted by Crippen LogP contribution is -2.51. The monoisotopic (exact) mass is 384 g/mol. The molecule has 0 aromatic heterocycles. The summed E-state index contributed by atoms with van der Waals surface area (Å²) in [5.74, 6) is -0.573. The molecule has 2 amide bonds. The van der Waals surface area contributed by atoms with Crippen molar-refractivity contribution in [3.63, 3.8) is 0 Å². The second kappa shape index (κ2) is 8.87. The second-order valence-corrected chi connectivity index (χ2v) is 7.41. The molecule has 1 aliphatic rings. The standard InChI is InChI=1S/C22H25FN2O3/c1-14(2)20(25-21(26)17-8-4-5-9-18(17)23)22(27)24-12-15-11-16-7-3-6-10-19(16)28-13-15/h3-10,14-15,20H,11-13H2,1-2H3,(H,24,27)(H,25,26). The Labute approximate surface area is 164 Å². The first kappa shape index (κ1) is 19.9. The van der Waals surface area contributed by atoms with Gasteiger partial charge >= 0.3 is 0 Å². The predicted molar refractivity (Wildman–Crippen MR) is 105 cm³/mol. The summed E-state index contributed by atoms with van der Waals surface area (Å²) in [5, 5.41) is 5.56. The summed E-state index contributed by atoms with van der Waals surface area (Å²) in [6.07, 6.45) is 0.824. The van der Waals surface area contributed by atoms with Gasteiger partial charge in [0.05, 0.1) is 12.2 Å². The van der Waals surface area contributed by atoms with E-state index in [4.69, 9.17) is 4.74 Å². The van der Waals surface area contributed by atoms with E-state index in [1.54, 1.807) is 6.07 Å². The van der Waals surface area contributed by atoms with Gasteiger partial charge in [-0.15, -0.1) is 0 Å². The Morgan fingerprint density at radius 1 is 1.14 bits per heavy atom. The van der Waals surface area contributed by atoms with E-state index in [2.05, 4.69) is 10.6 Å². The summed E-state index contributed by atoms with van der Waals surface area (Å²) >= 11 is 0. The molecule has 6 heteroatoms. The van der Waals surface area contributed by atoms with Crippen molar-refractivity contribution in [2.75, 3.05) is 13.2 Å². The van der Waals surface area contributed by atoms with Crippen LogP contribution in [0.15, 0.2) is 48.5 Å². The number of nitrogens with one attached hydrogen (secondary N) is 2. The van der Waals surface area contributed by atoms with E-state index >= 15 is 0 Å². The molecule has 28 heavy (non-hydrogen) atoms. The van der Waals surface area contributed by atoms with Gasteiger partial charge in [-0.05, 0) is 36.1 Å². The molecule has 1 heterocycles. The topological polar surface area (TPSA) is 67.4 Å². The van der Waals surface area contributed by atoms with Gasteiger partial charge in [0.1, 0.15) is 17.6 Å². The molecule has 148 valence electrons. The third kappa shape index (κ3) is 4.68. The van der Waals surface area contributed by atoms with E-state index in [-0.39, 0.29) is 23.3 Å². The molecule has 5 nitrogen and oxygen atoms in total. The number of para-hydroxylation sites is 1. The zero-order chi connectivity index (χ0) is 20.1. The molecular weight excluding hydrogens is 359 g/mol. The highest BCUT2D eigenvalue weighted by Gasteiger charge is 2.27. The van der Waals surface area contributed by atoms with Crippen LogP contribution in [-0.4, -0.2) is 31.0 Å². The number of halogens is 1. The fourth-order valence-corrected chi connectivity index (χ4v) is 3.28. The average molecular weight is 384 g/mol. The van der Waals surface area contributed by atoms with Gasteiger partial charge < -0.3 is 15.4 Å². The Balaban J connectivity index is 1.58. The first-order valence-electron chi connectivity index (χ1n) is 9.49. The molecule has 2 aromatic carbocycles. The predicted octanol–water partition coefficient (Wildman–Crippen LogP) is 2.95. The lowest BCUT2D eigenvalue weighted by Gasteiger charge is -2.27. The van der Waals surface area contributed by atoms with Gasteiger partial charge in [-0.2, -0.15) is 0 Å². The number of carbonyl (C=O) groups is 2. The van der Waals surface area contributed by atoms with Gasteiger partial charge in [0.15, 0.2) is 0 Å². The van der Waals surface area contributed by atoms with Gasteiger partial charge in [-0.3, -0.25) is 9.59 Å². The van der Waals surface area contributed by atoms with Crippen LogP contribution in [0.5, 0.6) is 5.75 Å². The Hall–Kier alpha value is -2.89. The quantitative estimate of drug-likeness (QED) is 0.805. The van der Waals surface area contributed by atoms with Gasteiger partial charge in [0.2, 0.25) is 5.91 Å². The zero-order valence-electron chi connectivity index (χ0n) is 16.1. The van der Waals surface area contributed by atoms with E-state index < -0.39 is 17.8 Å². The number of hydrogen-bond acceptors (Lipinski definition) is 3. The Morgan fingerprint density at radius 3 is 2.61 bits per heavy atom. The minimum Gasteiger partial charge on any atom is -0.493 e. The van der Waals surface area contributed by atoms with Crippen molar-refractivity contribution in [1.82, 2.24) is 10.6 Å². The molecule has 2 aromatic rings. The van der Waals surface area contributed by atoms with Crippen molar-refractivity contribution in [1.29, 1.82) is 0 Å². The summed E-state index contributed by atoms with van der Waals surface area (Å²) in [4.78, 5) is 25.0. The molecule has 0 fully saturated rings. The molecule has 0 saturated carbocycles. The fourth-order valence-electron chi connectivity index (χ4n) is 3.28. The Morgan fingerprint density at radius 2 is 1.86 bits per heavy atom. The highest BCUT2D eigenvalue weighted by Crippen LogP contribution is 2.26. The number of hydrogen-bond donors (Lipinski definition) is 2. The first-order valence-corrected chi connectivity index (χ1v) is 9.49. The van der Waals surface area contributed by atoms with Crippen LogP contribution in [0.1, 0.15) is 29.8 Å². The summed E-state index contributed by atoms with van der Waals surface area (Å²) in [7, 11) is 0. The van der Waals surface area contributed by atoms with Crippen molar-refractivity contribution in [2.24, 2.45) is 11.8 Å². The molecule has 0 aliphatic carbocycles. The second-order valence-electron chi connectivity index (χ2n) is 7.41. The van der Waals surface area contributed by atoms with Crippen LogP contribution in [-0.2, 0) is 11.2 Å². The van der Waals surface area contributed by atoms with Crippen LogP contribution in [0, 0.1) is 17.7 Å². The number of ether oxygens (including phenoxy) is 1. The van der Waals surface area contributed by atoms with Crippen molar-refractivity contribution in [2.45, 2.75) is 26.3 Å². The molecule has 2 atom stereocenters. The smallest absolute Gasteiger partial charge is 0.254 e. The van der Waals surface area contributed by atoms with Gasteiger partial charge in [-0.1, -0.05) is 44.2 Å². The molecule has 2 unspecified atom stereocenters. The molecule has 0 saturated heterocycles. The SMILES string of the molecule is CC(C)C(NC(=O)c1ccccc1F)C(=O)NCC1COc2ccccc2C1. The maximum Gasteiger partial charge on any atom is 0.254 e. The summed E-state index contributed by atoms with van der Waals surface area (Å²) in [6, 6.07) is 12.8. The zero-order valence-corrected chi connectivity index (χ0v) is 16.1. The van der Waals surface area contributed by atoms with Gasteiger partial charge in [0, 0.05) is 12.5 Å². The van der Waals surface area contributed by atoms with Crippen molar-refractivity contribution >= 4 is 11.8 Å². The molecule has 1 aliphatic heterocycles. The highest BCUT2D eigenvalue weighted by atomic mass is 19.1. The molecular formula is C22H25FN2O3. The number of amides is 2. The van der Waals surface area contributed by atoms with Crippen LogP contribution in [0.25, 0.3) is 0 Å². The largest absolute Gasteiger partial charge is 0.493 e. The number of benzene rings is 2. The van der Waals surface area contributed by atoms with Crippen LogP contribution in [0.4, 0.5) is 4.39 Å². The van der Waals surface area contributed by atoms with E-state index in [9.17, 15) is 14.0 Å². The van der Waals surface area contributed by atoms with E-state index in [1.165, 1.54) is 18.2 Å². The normalized spacial score (nSPS) is 16.6. The van der Waals surface area contributed by atoms with Crippen LogP contribution in [0.2, 0.25) is 0 Å². The first-order chi connectivity index (χ1) is 13.5. The number of fused-ring (bicyclic) bond motifs is 1. The fraction of sp³-hybridized carbons (Fsp3) is 0.364. The summed E-state index contributed by atoms with van der Waals surface area (Å²) in [5.41, 5.74) is 1.06. The lowest BCUT2D eigenvalue weighted by atomic mass is 9.96. The van der Waals surface area contributed by atoms with Crippen molar-refractivity contribution in [3.8, 4) is 5.75 Å². The maximum absolute atomic E-state index is 13.8. The van der Waals surface area contributed by atoms with Crippen molar-refractivity contribution in [3.05, 3.63) is 65.5 Å².